The zero-order valence-corrected chi connectivity index (χ0v) is 11.7. The van der Waals surface area contributed by atoms with Crippen molar-refractivity contribution in [1.82, 2.24) is 9.97 Å². The lowest BCUT2D eigenvalue weighted by Crippen LogP contribution is -2.07. The van der Waals surface area contributed by atoms with Crippen molar-refractivity contribution in [2.75, 3.05) is 11.9 Å². The Bertz CT molecular complexity index is 409. The predicted octanol–water partition coefficient (Wildman–Crippen LogP) is 3.77. The summed E-state index contributed by atoms with van der Waals surface area (Å²) in [6, 6.07) is 0. The highest BCUT2D eigenvalue weighted by Gasteiger charge is 2.07. The van der Waals surface area contributed by atoms with Gasteiger partial charge in [0.1, 0.15) is 16.8 Å². The number of nitrogens with zero attached hydrogens (tertiary/aromatic N) is 2. The summed E-state index contributed by atoms with van der Waals surface area (Å²) in [7, 11) is 0. The minimum absolute atomic E-state index is 0.545. The van der Waals surface area contributed by atoms with Crippen molar-refractivity contribution in [2.24, 2.45) is 0 Å². The highest BCUT2D eigenvalue weighted by Crippen LogP contribution is 2.20. The number of aryl methyl sites for hydroxylation is 1. The van der Waals surface area contributed by atoms with Gasteiger partial charge in [0.25, 0.3) is 0 Å². The molecule has 0 aromatic carbocycles. The van der Waals surface area contributed by atoms with Crippen molar-refractivity contribution in [3.63, 3.8) is 0 Å². The topological polar surface area (TPSA) is 37.8 Å². The van der Waals surface area contributed by atoms with Crippen LogP contribution in [0.5, 0.6) is 0 Å². The molecule has 0 atom stereocenters. The Morgan fingerprint density at radius 2 is 2.06 bits per heavy atom. The molecule has 1 N–H and O–H groups in total. The third-order valence-corrected chi connectivity index (χ3v) is 2.75. The molecule has 1 aromatic heterocycles. The van der Waals surface area contributed by atoms with Crippen LogP contribution >= 0.6 is 11.6 Å². The zero-order chi connectivity index (χ0) is 12.8. The predicted molar refractivity (Wildman–Crippen MR) is 73.7 cm³/mol. The maximum atomic E-state index is 6.09. The standard InChI is InChI=1S/C13H20ClN3/c1-5-6-11-16-12(14)10(4)13(17-11)15-8-7-9(2)3/h7H,5-6,8H2,1-4H3,(H,15,16,17). The van der Waals surface area contributed by atoms with Gasteiger partial charge in [-0.05, 0) is 27.2 Å². The van der Waals surface area contributed by atoms with Gasteiger partial charge in [-0.2, -0.15) is 0 Å². The second kappa shape index (κ2) is 6.60. The Kier molecular flexibility index (Phi) is 5.42. The number of hydrogen-bond donors (Lipinski definition) is 1. The van der Waals surface area contributed by atoms with E-state index in [0.717, 1.165) is 36.6 Å². The average Bonchev–Trinajstić information content (AvgIpc) is 2.24. The maximum absolute atomic E-state index is 6.09. The van der Waals surface area contributed by atoms with Gasteiger partial charge in [0.15, 0.2) is 0 Å². The van der Waals surface area contributed by atoms with Crippen LogP contribution in [0.3, 0.4) is 0 Å². The molecule has 94 valence electrons. The van der Waals surface area contributed by atoms with Gasteiger partial charge in [-0.3, -0.25) is 0 Å². The van der Waals surface area contributed by atoms with E-state index in [1.54, 1.807) is 0 Å². The van der Waals surface area contributed by atoms with Gasteiger partial charge in [-0.15, -0.1) is 0 Å². The van der Waals surface area contributed by atoms with Crippen LogP contribution < -0.4 is 5.32 Å². The summed E-state index contributed by atoms with van der Waals surface area (Å²) < 4.78 is 0. The number of nitrogens with one attached hydrogen (secondary N) is 1. The van der Waals surface area contributed by atoms with E-state index in [1.165, 1.54) is 5.57 Å². The Morgan fingerprint density at radius 3 is 2.65 bits per heavy atom. The van der Waals surface area contributed by atoms with E-state index < -0.39 is 0 Å². The number of anilines is 1. The first-order valence-corrected chi connectivity index (χ1v) is 6.32. The molecule has 0 radical (unpaired) electrons. The van der Waals surface area contributed by atoms with E-state index in [0.29, 0.717) is 5.15 Å². The van der Waals surface area contributed by atoms with Gasteiger partial charge in [0.05, 0.1) is 0 Å². The smallest absolute Gasteiger partial charge is 0.137 e. The van der Waals surface area contributed by atoms with Crippen LogP contribution in [-0.4, -0.2) is 16.5 Å². The van der Waals surface area contributed by atoms with Crippen LogP contribution in [0.1, 0.15) is 38.6 Å². The van der Waals surface area contributed by atoms with Gasteiger partial charge >= 0.3 is 0 Å². The molecule has 1 heterocycles. The van der Waals surface area contributed by atoms with Crippen LogP contribution in [-0.2, 0) is 6.42 Å². The van der Waals surface area contributed by atoms with Crippen molar-refractivity contribution in [2.45, 2.75) is 40.5 Å². The second-order valence-corrected chi connectivity index (χ2v) is 4.67. The van der Waals surface area contributed by atoms with Crippen molar-refractivity contribution in [3.05, 3.63) is 28.2 Å². The molecule has 0 aliphatic rings. The third-order valence-electron chi connectivity index (χ3n) is 2.39. The van der Waals surface area contributed by atoms with Crippen LogP contribution in [0.25, 0.3) is 0 Å². The number of hydrogen-bond acceptors (Lipinski definition) is 3. The summed E-state index contributed by atoms with van der Waals surface area (Å²) in [5.74, 6) is 1.65. The van der Waals surface area contributed by atoms with E-state index in [-0.39, 0.29) is 0 Å². The Balaban J connectivity index is 2.85. The summed E-state index contributed by atoms with van der Waals surface area (Å²) in [6.07, 6.45) is 4.00. The molecule has 1 rings (SSSR count). The summed E-state index contributed by atoms with van der Waals surface area (Å²) in [6.45, 7) is 8.95. The molecular weight excluding hydrogens is 234 g/mol. The average molecular weight is 254 g/mol. The van der Waals surface area contributed by atoms with Crippen LogP contribution in [0.15, 0.2) is 11.6 Å². The molecule has 0 saturated carbocycles. The van der Waals surface area contributed by atoms with Gasteiger partial charge in [0, 0.05) is 18.5 Å². The lowest BCUT2D eigenvalue weighted by atomic mass is 10.3. The molecule has 0 spiro atoms. The SMILES string of the molecule is CCCc1nc(Cl)c(C)c(NCC=C(C)C)n1. The summed E-state index contributed by atoms with van der Waals surface area (Å²) in [4.78, 5) is 8.75. The minimum atomic E-state index is 0.545. The fourth-order valence-corrected chi connectivity index (χ4v) is 1.58. The van der Waals surface area contributed by atoms with Crippen molar-refractivity contribution in [1.29, 1.82) is 0 Å². The first kappa shape index (κ1) is 14.0. The summed E-state index contributed by atoms with van der Waals surface area (Å²) in [5.41, 5.74) is 2.19. The Labute approximate surface area is 108 Å². The summed E-state index contributed by atoms with van der Waals surface area (Å²) in [5, 5.41) is 3.82. The fraction of sp³-hybridized carbons (Fsp3) is 0.538. The Morgan fingerprint density at radius 1 is 1.35 bits per heavy atom. The quantitative estimate of drug-likeness (QED) is 0.641. The van der Waals surface area contributed by atoms with Gasteiger partial charge in [0.2, 0.25) is 0 Å². The molecule has 0 amide bonds. The van der Waals surface area contributed by atoms with Gasteiger partial charge in [-0.25, -0.2) is 9.97 Å². The van der Waals surface area contributed by atoms with Crippen molar-refractivity contribution >= 4 is 17.4 Å². The van der Waals surface area contributed by atoms with Crippen molar-refractivity contribution < 1.29 is 0 Å². The van der Waals surface area contributed by atoms with Gasteiger partial charge in [-0.1, -0.05) is 30.2 Å². The monoisotopic (exact) mass is 253 g/mol. The molecule has 0 aliphatic heterocycles. The molecular formula is C13H20ClN3. The van der Waals surface area contributed by atoms with Crippen LogP contribution in [0.2, 0.25) is 5.15 Å². The number of rotatable bonds is 5. The van der Waals surface area contributed by atoms with Crippen LogP contribution in [0.4, 0.5) is 5.82 Å². The zero-order valence-electron chi connectivity index (χ0n) is 11.0. The molecule has 0 bridgehead atoms. The first-order valence-electron chi connectivity index (χ1n) is 5.94. The lowest BCUT2D eigenvalue weighted by Gasteiger charge is -2.10. The molecule has 0 saturated heterocycles. The minimum Gasteiger partial charge on any atom is -0.366 e. The largest absolute Gasteiger partial charge is 0.366 e. The molecule has 0 aliphatic carbocycles. The number of aromatic nitrogens is 2. The molecule has 3 nitrogen and oxygen atoms in total. The summed E-state index contributed by atoms with van der Waals surface area (Å²) >= 11 is 6.09. The third kappa shape index (κ3) is 4.35. The molecule has 1 aromatic rings. The molecule has 17 heavy (non-hydrogen) atoms. The maximum Gasteiger partial charge on any atom is 0.137 e. The molecule has 0 fully saturated rings. The van der Waals surface area contributed by atoms with E-state index in [4.69, 9.17) is 11.6 Å². The van der Waals surface area contributed by atoms with Crippen LogP contribution in [0, 0.1) is 6.92 Å². The molecule has 4 heteroatoms. The number of halogens is 1. The molecule has 0 unspecified atom stereocenters. The lowest BCUT2D eigenvalue weighted by molar-refractivity contribution is 0.831. The van der Waals surface area contributed by atoms with E-state index in [1.807, 2.05) is 6.92 Å². The highest BCUT2D eigenvalue weighted by molar-refractivity contribution is 6.30. The number of allylic oxidation sites excluding steroid dienone is 1. The van der Waals surface area contributed by atoms with E-state index >= 15 is 0 Å². The first-order chi connectivity index (χ1) is 8.04. The van der Waals surface area contributed by atoms with E-state index in [9.17, 15) is 0 Å². The highest BCUT2D eigenvalue weighted by atomic mass is 35.5. The van der Waals surface area contributed by atoms with E-state index in [2.05, 4.69) is 42.1 Å². The van der Waals surface area contributed by atoms with Gasteiger partial charge < -0.3 is 5.32 Å². The fourth-order valence-electron chi connectivity index (χ4n) is 1.39. The van der Waals surface area contributed by atoms with Crippen molar-refractivity contribution in [3.8, 4) is 0 Å². The Hall–Kier alpha value is -1.09. The normalized spacial score (nSPS) is 10.2. The second-order valence-electron chi connectivity index (χ2n) is 4.32.